The van der Waals surface area contributed by atoms with E-state index in [-0.39, 0.29) is 10.6 Å². The highest BCUT2D eigenvalue weighted by Crippen LogP contribution is 2.31. The molecule has 2 aromatic carbocycles. The monoisotopic (exact) mass is 415 g/mol. The molecule has 10 heteroatoms. The number of sulfonamides is 1. The molecule has 3 rings (SSSR count). The van der Waals surface area contributed by atoms with Crippen LogP contribution in [0.1, 0.15) is 5.56 Å². The van der Waals surface area contributed by atoms with E-state index in [9.17, 15) is 21.6 Å². The highest BCUT2D eigenvalue weighted by Gasteiger charge is 2.21. The fourth-order valence-corrected chi connectivity index (χ4v) is 4.07. The second-order valence-electron chi connectivity index (χ2n) is 6.31. The summed E-state index contributed by atoms with van der Waals surface area (Å²) in [6.45, 7) is 1.72. The molecule has 0 aromatic heterocycles. The average molecular weight is 415 g/mol. The Hall–Kier alpha value is -2.46. The van der Waals surface area contributed by atoms with Crippen LogP contribution >= 0.6 is 0 Å². The number of ether oxygens (including phenoxy) is 1. The first-order valence-corrected chi connectivity index (χ1v) is 10.1. The van der Waals surface area contributed by atoms with Crippen LogP contribution in [0.3, 0.4) is 0 Å². The first-order chi connectivity index (χ1) is 13.3. The van der Waals surface area contributed by atoms with Crippen LogP contribution in [0.4, 0.5) is 24.5 Å². The number of rotatable bonds is 6. The Balaban J connectivity index is 1.91. The minimum atomic E-state index is -4.10. The summed E-state index contributed by atoms with van der Waals surface area (Å²) in [6.07, 6.45) is 0. The Morgan fingerprint density at radius 1 is 1.14 bits per heavy atom. The smallest absolute Gasteiger partial charge is 0.387 e. The van der Waals surface area contributed by atoms with Crippen molar-refractivity contribution in [2.75, 3.05) is 35.8 Å². The van der Waals surface area contributed by atoms with Gasteiger partial charge in [0.05, 0.1) is 10.6 Å². The van der Waals surface area contributed by atoms with E-state index in [2.05, 4.69) is 19.7 Å². The predicted octanol–water partition coefficient (Wildman–Crippen LogP) is 2.95. The van der Waals surface area contributed by atoms with E-state index in [0.29, 0.717) is 6.07 Å². The number of anilines is 2. The number of nitrogens with one attached hydrogen (secondary N) is 2. The number of piperazine rings is 1. The molecule has 1 aliphatic heterocycles. The van der Waals surface area contributed by atoms with Gasteiger partial charge in [0.1, 0.15) is 5.82 Å². The largest absolute Gasteiger partial charge is 0.432 e. The van der Waals surface area contributed by atoms with Crippen molar-refractivity contribution in [3.63, 3.8) is 0 Å². The average Bonchev–Trinajstić information content (AvgIpc) is 2.64. The summed E-state index contributed by atoms with van der Waals surface area (Å²) >= 11 is 0. The predicted molar refractivity (Wildman–Crippen MR) is 100 cm³/mol. The molecule has 1 aliphatic rings. The zero-order valence-corrected chi connectivity index (χ0v) is 15.9. The number of hydrogen-bond donors (Lipinski definition) is 2. The second-order valence-corrected chi connectivity index (χ2v) is 7.99. The molecule has 0 amide bonds. The Bertz CT molecular complexity index is 948. The van der Waals surface area contributed by atoms with Crippen LogP contribution in [0.25, 0.3) is 0 Å². The third-order valence-electron chi connectivity index (χ3n) is 4.35. The van der Waals surface area contributed by atoms with Gasteiger partial charge in [-0.25, -0.2) is 12.8 Å². The summed E-state index contributed by atoms with van der Waals surface area (Å²) in [4.78, 5) is 2.05. The minimum Gasteiger partial charge on any atom is -0.432 e. The Morgan fingerprint density at radius 2 is 1.86 bits per heavy atom. The third-order valence-corrected chi connectivity index (χ3v) is 5.72. The molecular weight excluding hydrogens is 395 g/mol. The number of hydrogen-bond acceptors (Lipinski definition) is 5. The van der Waals surface area contributed by atoms with E-state index >= 15 is 0 Å². The third kappa shape index (κ3) is 4.68. The van der Waals surface area contributed by atoms with Gasteiger partial charge in [0.2, 0.25) is 0 Å². The van der Waals surface area contributed by atoms with Crippen LogP contribution in [0.15, 0.2) is 41.3 Å². The SMILES string of the molecule is Cc1ccc(S(=O)(=O)Nc2ccc(F)cc2OC(F)F)cc1N1CCNCC1. The van der Waals surface area contributed by atoms with Crippen molar-refractivity contribution in [3.8, 4) is 5.75 Å². The number of nitrogens with zero attached hydrogens (tertiary/aromatic N) is 1. The van der Waals surface area contributed by atoms with Gasteiger partial charge in [-0.05, 0) is 36.8 Å². The highest BCUT2D eigenvalue weighted by molar-refractivity contribution is 7.92. The molecule has 1 heterocycles. The Labute approximate surface area is 161 Å². The number of halogens is 3. The molecule has 0 aliphatic carbocycles. The fraction of sp³-hybridized carbons (Fsp3) is 0.333. The molecule has 0 radical (unpaired) electrons. The maximum absolute atomic E-state index is 13.3. The van der Waals surface area contributed by atoms with Crippen molar-refractivity contribution in [3.05, 3.63) is 47.8 Å². The van der Waals surface area contributed by atoms with Crippen molar-refractivity contribution >= 4 is 21.4 Å². The lowest BCUT2D eigenvalue weighted by Gasteiger charge is -2.31. The van der Waals surface area contributed by atoms with E-state index in [1.807, 2.05) is 6.92 Å². The van der Waals surface area contributed by atoms with Crippen molar-refractivity contribution < 1.29 is 26.3 Å². The molecule has 0 spiro atoms. The van der Waals surface area contributed by atoms with Gasteiger partial charge in [-0.3, -0.25) is 4.72 Å². The lowest BCUT2D eigenvalue weighted by molar-refractivity contribution is -0.0494. The summed E-state index contributed by atoms with van der Waals surface area (Å²) in [5.74, 6) is -1.41. The van der Waals surface area contributed by atoms with E-state index in [0.717, 1.165) is 49.6 Å². The molecule has 0 saturated carbocycles. The van der Waals surface area contributed by atoms with Crippen LogP contribution in [-0.4, -0.2) is 41.2 Å². The van der Waals surface area contributed by atoms with Gasteiger partial charge in [-0.2, -0.15) is 8.78 Å². The van der Waals surface area contributed by atoms with Crippen molar-refractivity contribution in [1.82, 2.24) is 5.32 Å². The van der Waals surface area contributed by atoms with E-state index in [4.69, 9.17) is 0 Å². The van der Waals surface area contributed by atoms with Crippen LogP contribution in [-0.2, 0) is 10.0 Å². The molecule has 152 valence electrons. The Kier molecular flexibility index (Phi) is 5.99. The van der Waals surface area contributed by atoms with Gasteiger partial charge in [0, 0.05) is 37.9 Å². The zero-order valence-electron chi connectivity index (χ0n) is 15.1. The van der Waals surface area contributed by atoms with Crippen LogP contribution < -0.4 is 19.7 Å². The van der Waals surface area contributed by atoms with Gasteiger partial charge in [-0.15, -0.1) is 0 Å². The summed E-state index contributed by atoms with van der Waals surface area (Å²) in [5.41, 5.74) is 1.43. The molecule has 0 unspecified atom stereocenters. The van der Waals surface area contributed by atoms with Crippen LogP contribution in [0, 0.1) is 12.7 Å². The maximum atomic E-state index is 13.3. The fourth-order valence-electron chi connectivity index (χ4n) is 2.98. The normalized spacial score (nSPS) is 15.0. The van der Waals surface area contributed by atoms with Crippen LogP contribution in [0.2, 0.25) is 0 Å². The number of alkyl halides is 2. The number of benzene rings is 2. The van der Waals surface area contributed by atoms with Crippen LogP contribution in [0.5, 0.6) is 5.75 Å². The van der Waals surface area contributed by atoms with Gasteiger partial charge in [-0.1, -0.05) is 6.07 Å². The van der Waals surface area contributed by atoms with Crippen molar-refractivity contribution in [2.45, 2.75) is 18.4 Å². The van der Waals surface area contributed by atoms with E-state index in [1.165, 1.54) is 6.07 Å². The molecule has 28 heavy (non-hydrogen) atoms. The summed E-state index contributed by atoms with van der Waals surface area (Å²) < 4.78 is 70.5. The molecule has 6 nitrogen and oxygen atoms in total. The molecule has 1 fully saturated rings. The number of aryl methyl sites for hydroxylation is 1. The molecule has 0 bridgehead atoms. The first-order valence-electron chi connectivity index (χ1n) is 8.60. The maximum Gasteiger partial charge on any atom is 0.387 e. The van der Waals surface area contributed by atoms with Crippen molar-refractivity contribution in [2.24, 2.45) is 0 Å². The molecule has 1 saturated heterocycles. The standard InChI is InChI=1S/C18H20F3N3O3S/c1-12-2-4-14(11-16(12)24-8-6-22-7-9-24)28(25,26)23-15-5-3-13(19)10-17(15)27-18(20)21/h2-5,10-11,18,22-23H,6-9H2,1H3. The topological polar surface area (TPSA) is 70.7 Å². The van der Waals surface area contributed by atoms with E-state index in [1.54, 1.807) is 12.1 Å². The minimum absolute atomic E-state index is 0.0287. The quantitative estimate of drug-likeness (QED) is 0.759. The lowest BCUT2D eigenvalue weighted by Crippen LogP contribution is -2.43. The second kappa shape index (κ2) is 8.27. The van der Waals surface area contributed by atoms with E-state index < -0.39 is 28.2 Å². The highest BCUT2D eigenvalue weighted by atomic mass is 32.2. The van der Waals surface area contributed by atoms with Crippen molar-refractivity contribution in [1.29, 1.82) is 0 Å². The summed E-state index contributed by atoms with van der Waals surface area (Å²) in [6, 6.07) is 7.35. The molecule has 2 N–H and O–H groups in total. The summed E-state index contributed by atoms with van der Waals surface area (Å²) in [7, 11) is -4.10. The summed E-state index contributed by atoms with van der Waals surface area (Å²) in [5, 5.41) is 3.23. The molecular formula is C18H20F3N3O3S. The van der Waals surface area contributed by atoms with Gasteiger partial charge < -0.3 is 15.0 Å². The lowest BCUT2D eigenvalue weighted by atomic mass is 10.1. The molecule has 0 atom stereocenters. The van der Waals surface area contributed by atoms with Gasteiger partial charge in [0.25, 0.3) is 10.0 Å². The molecule has 2 aromatic rings. The Morgan fingerprint density at radius 3 is 2.54 bits per heavy atom. The first kappa shape index (κ1) is 20.3. The van der Waals surface area contributed by atoms with Gasteiger partial charge in [0.15, 0.2) is 5.75 Å². The zero-order chi connectivity index (χ0) is 20.3. The van der Waals surface area contributed by atoms with Gasteiger partial charge >= 0.3 is 6.61 Å².